The van der Waals surface area contributed by atoms with Crippen LogP contribution in [0.3, 0.4) is 0 Å². The molecular weight excluding hydrogens is 276 g/mol. The third-order valence-corrected chi connectivity index (χ3v) is 3.75. The van der Waals surface area contributed by atoms with Gasteiger partial charge in [0.05, 0.1) is 19.4 Å². The molecule has 0 amide bonds. The Bertz CT molecular complexity index is 573. The Balaban J connectivity index is 1.86. The number of methoxy groups -OCH3 is 1. The zero-order valence-electron chi connectivity index (χ0n) is 13.2. The highest BCUT2D eigenvalue weighted by Crippen LogP contribution is 2.13. The first-order chi connectivity index (χ1) is 10.7. The molecule has 118 valence electrons. The van der Waals surface area contributed by atoms with Crippen LogP contribution < -0.4 is 10.1 Å². The van der Waals surface area contributed by atoms with E-state index in [0.29, 0.717) is 18.5 Å². The topological polar surface area (TPSA) is 54.4 Å². The molecule has 0 spiro atoms. The molecule has 0 aliphatic rings. The van der Waals surface area contributed by atoms with Gasteiger partial charge in [0.1, 0.15) is 0 Å². The van der Waals surface area contributed by atoms with E-state index >= 15 is 0 Å². The molecule has 0 saturated heterocycles. The predicted octanol–water partition coefficient (Wildman–Crippen LogP) is 2.69. The van der Waals surface area contributed by atoms with Gasteiger partial charge < -0.3 is 15.2 Å². The Morgan fingerprint density at radius 1 is 1.18 bits per heavy atom. The van der Waals surface area contributed by atoms with Gasteiger partial charge in [-0.1, -0.05) is 30.3 Å². The molecule has 0 saturated carbocycles. The molecule has 0 fully saturated rings. The standard InChI is InChI=1S/C18H24N2O2/c1-14(8-9-15-6-4-3-5-7-15)19-12-17-16(13-21)10-11-18(20-17)22-2/h3-7,10-11,14,19,21H,8-9,12-13H2,1-2H3. The number of aromatic nitrogens is 1. The lowest BCUT2D eigenvalue weighted by Gasteiger charge is -2.15. The van der Waals surface area contributed by atoms with Gasteiger partial charge in [0.15, 0.2) is 0 Å². The molecule has 1 aromatic heterocycles. The Kier molecular flexibility index (Phi) is 6.37. The van der Waals surface area contributed by atoms with Gasteiger partial charge in [-0.3, -0.25) is 0 Å². The van der Waals surface area contributed by atoms with E-state index < -0.39 is 0 Å². The monoisotopic (exact) mass is 300 g/mol. The fourth-order valence-corrected chi connectivity index (χ4v) is 2.32. The number of hydrogen-bond acceptors (Lipinski definition) is 4. The molecule has 1 aromatic carbocycles. The molecule has 0 radical (unpaired) electrons. The van der Waals surface area contributed by atoms with Gasteiger partial charge in [0.25, 0.3) is 0 Å². The summed E-state index contributed by atoms with van der Waals surface area (Å²) in [7, 11) is 1.60. The fourth-order valence-electron chi connectivity index (χ4n) is 2.32. The van der Waals surface area contributed by atoms with Gasteiger partial charge in [-0.2, -0.15) is 0 Å². The third-order valence-electron chi connectivity index (χ3n) is 3.75. The number of ether oxygens (including phenoxy) is 1. The predicted molar refractivity (Wildman–Crippen MR) is 87.8 cm³/mol. The molecule has 22 heavy (non-hydrogen) atoms. The van der Waals surface area contributed by atoms with Crippen LogP contribution in [-0.2, 0) is 19.6 Å². The zero-order valence-corrected chi connectivity index (χ0v) is 13.2. The van der Waals surface area contributed by atoms with Crippen molar-refractivity contribution in [1.29, 1.82) is 0 Å². The lowest BCUT2D eigenvalue weighted by atomic mass is 10.1. The van der Waals surface area contributed by atoms with E-state index in [1.54, 1.807) is 13.2 Å². The van der Waals surface area contributed by atoms with Crippen LogP contribution in [0.25, 0.3) is 0 Å². The van der Waals surface area contributed by atoms with E-state index in [2.05, 4.69) is 41.5 Å². The Morgan fingerprint density at radius 3 is 2.64 bits per heavy atom. The van der Waals surface area contributed by atoms with Crippen LogP contribution >= 0.6 is 0 Å². The van der Waals surface area contributed by atoms with Crippen molar-refractivity contribution in [3.63, 3.8) is 0 Å². The molecule has 1 atom stereocenters. The number of rotatable bonds is 8. The molecule has 4 nitrogen and oxygen atoms in total. The second-order valence-electron chi connectivity index (χ2n) is 5.42. The summed E-state index contributed by atoms with van der Waals surface area (Å²) < 4.78 is 5.15. The van der Waals surface area contributed by atoms with Gasteiger partial charge in [0.2, 0.25) is 5.88 Å². The number of aliphatic hydroxyl groups is 1. The van der Waals surface area contributed by atoms with Crippen LogP contribution in [0.5, 0.6) is 5.88 Å². The molecule has 0 aliphatic carbocycles. The van der Waals surface area contributed by atoms with Crippen molar-refractivity contribution < 1.29 is 9.84 Å². The highest BCUT2D eigenvalue weighted by molar-refractivity contribution is 5.25. The fraction of sp³-hybridized carbons (Fsp3) is 0.389. The quantitative estimate of drug-likeness (QED) is 0.787. The van der Waals surface area contributed by atoms with E-state index in [4.69, 9.17) is 4.74 Å². The number of nitrogens with zero attached hydrogens (tertiary/aromatic N) is 1. The molecule has 0 aliphatic heterocycles. The van der Waals surface area contributed by atoms with Crippen molar-refractivity contribution in [1.82, 2.24) is 10.3 Å². The van der Waals surface area contributed by atoms with E-state index in [1.807, 2.05) is 12.1 Å². The zero-order chi connectivity index (χ0) is 15.8. The Labute approximate surface area is 132 Å². The van der Waals surface area contributed by atoms with Crippen molar-refractivity contribution in [2.45, 2.75) is 39.0 Å². The average molecular weight is 300 g/mol. The number of nitrogens with one attached hydrogen (secondary N) is 1. The minimum atomic E-state index is -0.00754. The summed E-state index contributed by atoms with van der Waals surface area (Å²) in [5.74, 6) is 0.575. The molecule has 2 rings (SSSR count). The van der Waals surface area contributed by atoms with Gasteiger partial charge in [-0.05, 0) is 31.4 Å². The maximum Gasteiger partial charge on any atom is 0.213 e. The molecule has 1 heterocycles. The maximum absolute atomic E-state index is 9.39. The second-order valence-corrected chi connectivity index (χ2v) is 5.42. The van der Waals surface area contributed by atoms with Crippen LogP contribution in [0, 0.1) is 0 Å². The van der Waals surface area contributed by atoms with Crippen molar-refractivity contribution in [2.75, 3.05) is 7.11 Å². The second kappa shape index (κ2) is 8.51. The summed E-state index contributed by atoms with van der Waals surface area (Å²) in [5.41, 5.74) is 3.03. The summed E-state index contributed by atoms with van der Waals surface area (Å²) in [4.78, 5) is 4.41. The summed E-state index contributed by atoms with van der Waals surface area (Å²) in [5, 5.41) is 12.9. The first-order valence-corrected chi connectivity index (χ1v) is 7.64. The maximum atomic E-state index is 9.39. The molecular formula is C18H24N2O2. The van der Waals surface area contributed by atoms with Crippen LogP contribution in [0.2, 0.25) is 0 Å². The molecule has 2 N–H and O–H groups in total. The summed E-state index contributed by atoms with van der Waals surface area (Å²) in [6, 6.07) is 14.5. The molecule has 4 heteroatoms. The van der Waals surface area contributed by atoms with Gasteiger partial charge in [0, 0.05) is 24.2 Å². The summed E-state index contributed by atoms with van der Waals surface area (Å²) >= 11 is 0. The van der Waals surface area contributed by atoms with E-state index in [-0.39, 0.29) is 6.61 Å². The summed E-state index contributed by atoms with van der Waals surface area (Å²) in [6.45, 7) is 2.79. The van der Waals surface area contributed by atoms with Gasteiger partial charge in [-0.25, -0.2) is 4.98 Å². The SMILES string of the molecule is COc1ccc(CO)c(CNC(C)CCc2ccccc2)n1. The van der Waals surface area contributed by atoms with E-state index in [1.165, 1.54) is 5.56 Å². The van der Waals surface area contributed by atoms with E-state index in [9.17, 15) is 5.11 Å². The highest BCUT2D eigenvalue weighted by atomic mass is 16.5. The van der Waals surface area contributed by atoms with Crippen LogP contribution in [-0.4, -0.2) is 23.2 Å². The number of benzene rings is 1. The number of aliphatic hydroxyl groups excluding tert-OH is 1. The Morgan fingerprint density at radius 2 is 1.95 bits per heavy atom. The van der Waals surface area contributed by atoms with Crippen molar-refractivity contribution in [3.8, 4) is 5.88 Å². The number of pyridine rings is 1. The molecule has 1 unspecified atom stereocenters. The normalized spacial score (nSPS) is 12.1. The minimum absolute atomic E-state index is 0.00754. The Hall–Kier alpha value is -1.91. The van der Waals surface area contributed by atoms with Crippen molar-refractivity contribution >= 4 is 0 Å². The molecule has 0 bridgehead atoms. The lowest BCUT2D eigenvalue weighted by Crippen LogP contribution is -2.27. The minimum Gasteiger partial charge on any atom is -0.481 e. The molecule has 2 aromatic rings. The average Bonchev–Trinajstić information content (AvgIpc) is 2.58. The van der Waals surface area contributed by atoms with Gasteiger partial charge >= 0.3 is 0 Å². The number of aryl methyl sites for hydroxylation is 1. The number of hydrogen-bond donors (Lipinski definition) is 2. The smallest absolute Gasteiger partial charge is 0.213 e. The largest absolute Gasteiger partial charge is 0.481 e. The van der Waals surface area contributed by atoms with Gasteiger partial charge in [-0.15, -0.1) is 0 Å². The lowest BCUT2D eigenvalue weighted by molar-refractivity contribution is 0.278. The summed E-state index contributed by atoms with van der Waals surface area (Å²) in [6.07, 6.45) is 2.11. The van der Waals surface area contributed by atoms with Crippen molar-refractivity contribution in [2.24, 2.45) is 0 Å². The van der Waals surface area contributed by atoms with Crippen LogP contribution in [0.4, 0.5) is 0 Å². The third kappa shape index (κ3) is 4.83. The first-order valence-electron chi connectivity index (χ1n) is 7.64. The van der Waals surface area contributed by atoms with Crippen LogP contribution in [0.1, 0.15) is 30.2 Å². The highest BCUT2D eigenvalue weighted by Gasteiger charge is 2.08. The first kappa shape index (κ1) is 16.5. The van der Waals surface area contributed by atoms with E-state index in [0.717, 1.165) is 24.1 Å². The van der Waals surface area contributed by atoms with Crippen LogP contribution in [0.15, 0.2) is 42.5 Å². The van der Waals surface area contributed by atoms with Crippen molar-refractivity contribution in [3.05, 3.63) is 59.3 Å².